The molecule has 0 radical (unpaired) electrons. The third kappa shape index (κ3) is 3.68. The van der Waals surface area contributed by atoms with Crippen LogP contribution < -0.4 is 10.6 Å². The van der Waals surface area contributed by atoms with Crippen molar-refractivity contribution in [3.8, 4) is 11.4 Å². The van der Waals surface area contributed by atoms with Crippen molar-refractivity contribution in [2.45, 2.75) is 18.2 Å². The molecule has 1 aliphatic heterocycles. The summed E-state index contributed by atoms with van der Waals surface area (Å²) >= 11 is 0. The summed E-state index contributed by atoms with van der Waals surface area (Å²) in [7, 11) is 0. The Kier molecular flexibility index (Phi) is 4.87. The van der Waals surface area contributed by atoms with Gasteiger partial charge in [0.1, 0.15) is 6.17 Å². The molecule has 2 aromatic carbocycles. The summed E-state index contributed by atoms with van der Waals surface area (Å²) in [4.78, 5) is 9.33. The standard InChI is InChI=1S/C25H22N4/c1-3-10-18(11-4-1)23-24(19-12-5-2-6-13-19)29-25(28-23)22-16-9-15-21(27-22)20-14-7-8-17-26-20/h1-17,23-25,28-29H/t23-,24-/m1/s1. The normalized spacial score (nSPS) is 19.3. The molecule has 5 rings (SSSR count). The SMILES string of the molecule is c1ccc([C@H]2NC(c3cccc(-c4ccccn4)n3)N[C@@H]2c2ccccc2)cc1. The predicted molar refractivity (Wildman–Crippen MR) is 115 cm³/mol. The first-order valence-electron chi connectivity index (χ1n) is 9.89. The van der Waals surface area contributed by atoms with E-state index >= 15 is 0 Å². The van der Waals surface area contributed by atoms with Gasteiger partial charge in [0.05, 0.1) is 29.2 Å². The molecule has 0 aliphatic carbocycles. The number of benzene rings is 2. The maximum atomic E-state index is 4.89. The van der Waals surface area contributed by atoms with Crippen molar-refractivity contribution < 1.29 is 0 Å². The number of nitrogens with one attached hydrogen (secondary N) is 2. The van der Waals surface area contributed by atoms with Gasteiger partial charge >= 0.3 is 0 Å². The Morgan fingerprint density at radius 1 is 0.552 bits per heavy atom. The summed E-state index contributed by atoms with van der Waals surface area (Å²) < 4.78 is 0. The topological polar surface area (TPSA) is 49.8 Å². The summed E-state index contributed by atoms with van der Waals surface area (Å²) in [6, 6.07) is 33.5. The van der Waals surface area contributed by atoms with Gasteiger partial charge in [-0.1, -0.05) is 72.8 Å². The van der Waals surface area contributed by atoms with Crippen molar-refractivity contribution in [1.82, 2.24) is 20.6 Å². The van der Waals surface area contributed by atoms with E-state index in [1.54, 1.807) is 6.20 Å². The van der Waals surface area contributed by atoms with E-state index in [2.05, 4.69) is 82.3 Å². The molecule has 4 heteroatoms. The molecule has 1 aliphatic rings. The van der Waals surface area contributed by atoms with Crippen LogP contribution >= 0.6 is 0 Å². The zero-order valence-electron chi connectivity index (χ0n) is 15.9. The monoisotopic (exact) mass is 378 g/mol. The smallest absolute Gasteiger partial charge is 0.102 e. The van der Waals surface area contributed by atoms with E-state index < -0.39 is 0 Å². The molecule has 29 heavy (non-hydrogen) atoms. The fourth-order valence-corrected chi connectivity index (χ4v) is 3.94. The zero-order valence-corrected chi connectivity index (χ0v) is 15.9. The van der Waals surface area contributed by atoms with Gasteiger partial charge < -0.3 is 0 Å². The second-order valence-electron chi connectivity index (χ2n) is 7.21. The van der Waals surface area contributed by atoms with E-state index in [9.17, 15) is 0 Å². The highest BCUT2D eigenvalue weighted by Crippen LogP contribution is 2.37. The molecule has 4 aromatic rings. The van der Waals surface area contributed by atoms with E-state index in [1.165, 1.54) is 11.1 Å². The number of pyridine rings is 2. The molecule has 1 saturated heterocycles. The first-order chi connectivity index (χ1) is 14.4. The van der Waals surface area contributed by atoms with Crippen LogP contribution in [0.2, 0.25) is 0 Å². The van der Waals surface area contributed by atoms with Crippen LogP contribution in [0.5, 0.6) is 0 Å². The molecule has 0 saturated carbocycles. The minimum Gasteiger partial charge on any atom is -0.288 e. The molecular weight excluding hydrogens is 356 g/mol. The van der Waals surface area contributed by atoms with E-state index in [4.69, 9.17) is 4.98 Å². The zero-order chi connectivity index (χ0) is 19.5. The molecular formula is C25H22N4. The minimum atomic E-state index is -0.0472. The van der Waals surface area contributed by atoms with Crippen molar-refractivity contribution in [2.24, 2.45) is 0 Å². The van der Waals surface area contributed by atoms with E-state index in [0.29, 0.717) is 0 Å². The molecule has 0 amide bonds. The predicted octanol–water partition coefficient (Wildman–Crippen LogP) is 4.82. The third-order valence-electron chi connectivity index (χ3n) is 5.34. The van der Waals surface area contributed by atoms with Gasteiger partial charge in [-0.3, -0.25) is 15.6 Å². The molecule has 0 spiro atoms. The van der Waals surface area contributed by atoms with Crippen LogP contribution in [0.3, 0.4) is 0 Å². The maximum Gasteiger partial charge on any atom is 0.102 e. The molecule has 0 bridgehead atoms. The van der Waals surface area contributed by atoms with Crippen LogP contribution in [0.1, 0.15) is 35.1 Å². The van der Waals surface area contributed by atoms with Crippen LogP contribution in [0, 0.1) is 0 Å². The van der Waals surface area contributed by atoms with E-state index in [1.807, 2.05) is 30.3 Å². The van der Waals surface area contributed by atoms with Crippen LogP contribution in [-0.2, 0) is 0 Å². The quantitative estimate of drug-likeness (QED) is 0.535. The van der Waals surface area contributed by atoms with Crippen molar-refractivity contribution in [1.29, 1.82) is 0 Å². The minimum absolute atomic E-state index is 0.0472. The molecule has 2 atom stereocenters. The lowest BCUT2D eigenvalue weighted by Gasteiger charge is -2.19. The summed E-state index contributed by atoms with van der Waals surface area (Å²) in [6.45, 7) is 0. The Morgan fingerprint density at radius 2 is 1.14 bits per heavy atom. The summed E-state index contributed by atoms with van der Waals surface area (Å²) in [6.07, 6.45) is 1.75. The molecule has 3 heterocycles. The van der Waals surface area contributed by atoms with Gasteiger partial charge in [-0.2, -0.15) is 0 Å². The Balaban J connectivity index is 1.49. The second kappa shape index (κ2) is 7.95. The average Bonchev–Trinajstić information content (AvgIpc) is 3.27. The molecule has 0 unspecified atom stereocenters. The van der Waals surface area contributed by atoms with Crippen LogP contribution in [-0.4, -0.2) is 9.97 Å². The molecule has 2 aromatic heterocycles. The first-order valence-corrected chi connectivity index (χ1v) is 9.89. The van der Waals surface area contributed by atoms with E-state index in [-0.39, 0.29) is 18.2 Å². The Labute approximate surface area is 170 Å². The van der Waals surface area contributed by atoms with E-state index in [0.717, 1.165) is 17.1 Å². The van der Waals surface area contributed by atoms with Crippen molar-refractivity contribution in [3.63, 3.8) is 0 Å². The van der Waals surface area contributed by atoms with Gasteiger partial charge in [0.2, 0.25) is 0 Å². The summed E-state index contributed by atoms with van der Waals surface area (Å²) in [5.41, 5.74) is 5.25. The molecule has 142 valence electrons. The van der Waals surface area contributed by atoms with Gasteiger partial charge in [-0.15, -0.1) is 0 Å². The van der Waals surface area contributed by atoms with Gasteiger partial charge in [0, 0.05) is 6.20 Å². The van der Waals surface area contributed by atoms with Crippen molar-refractivity contribution in [2.75, 3.05) is 0 Å². The molecule has 1 fully saturated rings. The number of hydrogen-bond acceptors (Lipinski definition) is 4. The van der Waals surface area contributed by atoms with Crippen LogP contribution in [0.4, 0.5) is 0 Å². The van der Waals surface area contributed by atoms with Gasteiger partial charge in [-0.05, 0) is 35.4 Å². The van der Waals surface area contributed by atoms with Crippen LogP contribution in [0.15, 0.2) is 103 Å². The largest absolute Gasteiger partial charge is 0.288 e. The first kappa shape index (κ1) is 17.7. The lowest BCUT2D eigenvalue weighted by Crippen LogP contribution is -2.23. The number of rotatable bonds is 4. The Morgan fingerprint density at radius 3 is 1.72 bits per heavy atom. The lowest BCUT2D eigenvalue weighted by atomic mass is 9.95. The van der Waals surface area contributed by atoms with Gasteiger partial charge in [0.25, 0.3) is 0 Å². The summed E-state index contributed by atoms with van der Waals surface area (Å²) in [5.74, 6) is 0. The molecule has 4 nitrogen and oxygen atoms in total. The Bertz CT molecular complexity index is 1020. The number of aromatic nitrogens is 2. The molecule has 2 N–H and O–H groups in total. The fourth-order valence-electron chi connectivity index (χ4n) is 3.94. The highest BCUT2D eigenvalue weighted by molar-refractivity contribution is 5.53. The highest BCUT2D eigenvalue weighted by Gasteiger charge is 2.36. The fraction of sp³-hybridized carbons (Fsp3) is 0.120. The van der Waals surface area contributed by atoms with Crippen molar-refractivity contribution in [3.05, 3.63) is 120 Å². The van der Waals surface area contributed by atoms with Crippen molar-refractivity contribution >= 4 is 0 Å². The highest BCUT2D eigenvalue weighted by atomic mass is 15.3. The summed E-state index contributed by atoms with van der Waals surface area (Å²) in [5, 5.41) is 7.51. The second-order valence-corrected chi connectivity index (χ2v) is 7.21. The number of hydrogen-bond donors (Lipinski definition) is 2. The number of nitrogens with zero attached hydrogens (tertiary/aromatic N) is 2. The van der Waals surface area contributed by atoms with Crippen LogP contribution in [0.25, 0.3) is 11.4 Å². The van der Waals surface area contributed by atoms with Gasteiger partial charge in [-0.25, -0.2) is 4.98 Å². The third-order valence-corrected chi connectivity index (χ3v) is 5.34. The van der Waals surface area contributed by atoms with Gasteiger partial charge in [0.15, 0.2) is 0 Å². The average molecular weight is 378 g/mol. The maximum absolute atomic E-state index is 4.89. The Hall–Kier alpha value is -3.34. The lowest BCUT2D eigenvalue weighted by molar-refractivity contribution is 0.540.